The molecule has 1 aliphatic carbocycles. The molecule has 2 rings (SSSR count). The molecule has 0 amide bonds. The van der Waals surface area contributed by atoms with E-state index < -0.39 is 17.2 Å². The number of nitrogens with one attached hydrogen (secondary N) is 1. The molecule has 1 saturated carbocycles. The molecule has 0 heterocycles. The fourth-order valence-electron chi connectivity index (χ4n) is 2.98. The third kappa shape index (κ3) is 3.18. The van der Waals surface area contributed by atoms with Gasteiger partial charge in [-0.2, -0.15) is 0 Å². The summed E-state index contributed by atoms with van der Waals surface area (Å²) in [6.45, 7) is 3.00. The number of hydrogen-bond acceptors (Lipinski definition) is 2. The smallest absolute Gasteiger partial charge is 0.128 e. The molecular weight excluding hydrogens is 260 g/mol. The summed E-state index contributed by atoms with van der Waals surface area (Å²) in [5.41, 5.74) is -0.460. The van der Waals surface area contributed by atoms with Crippen LogP contribution in [0.4, 0.5) is 8.78 Å². The Kier molecular flexibility index (Phi) is 4.76. The molecule has 20 heavy (non-hydrogen) atoms. The largest absolute Gasteiger partial charge is 0.394 e. The minimum Gasteiger partial charge on any atom is -0.394 e. The molecule has 4 heteroatoms. The van der Waals surface area contributed by atoms with E-state index in [0.29, 0.717) is 0 Å². The van der Waals surface area contributed by atoms with E-state index in [1.54, 1.807) is 6.92 Å². The van der Waals surface area contributed by atoms with E-state index in [1.165, 1.54) is 25.5 Å². The average Bonchev–Trinajstić information content (AvgIpc) is 2.43. The zero-order valence-corrected chi connectivity index (χ0v) is 12.2. The molecule has 2 N–H and O–H groups in total. The number of hydrogen-bond donors (Lipinski definition) is 2. The summed E-state index contributed by atoms with van der Waals surface area (Å²) in [5.74, 6) is -0.907. The summed E-state index contributed by atoms with van der Waals surface area (Å²) in [5, 5.41) is 13.0. The lowest BCUT2D eigenvalue weighted by molar-refractivity contribution is 0.147. The maximum absolute atomic E-state index is 14.1. The maximum Gasteiger partial charge on any atom is 0.128 e. The van der Waals surface area contributed by atoms with Gasteiger partial charge < -0.3 is 10.4 Å². The van der Waals surface area contributed by atoms with Crippen LogP contribution in [0, 0.1) is 18.6 Å². The Morgan fingerprint density at radius 2 is 1.85 bits per heavy atom. The zero-order chi connectivity index (χ0) is 14.8. The van der Waals surface area contributed by atoms with Crippen LogP contribution in [0.15, 0.2) is 12.1 Å². The van der Waals surface area contributed by atoms with Gasteiger partial charge in [-0.3, -0.25) is 0 Å². The third-order valence-electron chi connectivity index (χ3n) is 4.29. The first-order chi connectivity index (χ1) is 9.46. The van der Waals surface area contributed by atoms with Crippen LogP contribution in [0.3, 0.4) is 0 Å². The summed E-state index contributed by atoms with van der Waals surface area (Å²) >= 11 is 0. The van der Waals surface area contributed by atoms with Crippen LogP contribution in [-0.4, -0.2) is 17.8 Å². The Bertz CT molecular complexity index is 472. The van der Waals surface area contributed by atoms with Crippen LogP contribution in [-0.2, 0) is 5.54 Å². The van der Waals surface area contributed by atoms with Crippen molar-refractivity contribution in [1.82, 2.24) is 5.32 Å². The van der Waals surface area contributed by atoms with Gasteiger partial charge in [-0.1, -0.05) is 19.3 Å². The number of benzene rings is 1. The minimum atomic E-state index is -0.944. The molecule has 1 unspecified atom stereocenters. The molecule has 112 valence electrons. The van der Waals surface area contributed by atoms with Crippen LogP contribution in [0.25, 0.3) is 0 Å². The fraction of sp³-hybridized carbons (Fsp3) is 0.625. The fourth-order valence-corrected chi connectivity index (χ4v) is 2.98. The number of rotatable bonds is 4. The number of aliphatic hydroxyl groups excluding tert-OH is 1. The Balaban J connectivity index is 2.27. The zero-order valence-electron chi connectivity index (χ0n) is 12.2. The number of aryl methyl sites for hydroxylation is 1. The number of aliphatic hydroxyl groups is 1. The van der Waals surface area contributed by atoms with E-state index in [2.05, 4.69) is 5.32 Å². The van der Waals surface area contributed by atoms with Crippen LogP contribution in [0.5, 0.6) is 0 Å². The summed E-state index contributed by atoms with van der Waals surface area (Å²) in [7, 11) is 0. The molecule has 0 radical (unpaired) electrons. The highest BCUT2D eigenvalue weighted by molar-refractivity contribution is 5.31. The lowest BCUT2D eigenvalue weighted by Crippen LogP contribution is -2.49. The first-order valence-corrected chi connectivity index (χ1v) is 7.31. The van der Waals surface area contributed by atoms with Gasteiger partial charge in [-0.15, -0.1) is 0 Å². The van der Waals surface area contributed by atoms with E-state index in [4.69, 9.17) is 0 Å². The molecule has 0 aliphatic heterocycles. The van der Waals surface area contributed by atoms with Gasteiger partial charge in [0.2, 0.25) is 0 Å². The lowest BCUT2D eigenvalue weighted by Gasteiger charge is -2.36. The van der Waals surface area contributed by atoms with Gasteiger partial charge >= 0.3 is 0 Å². The maximum atomic E-state index is 14.1. The van der Waals surface area contributed by atoms with Crippen molar-refractivity contribution in [3.05, 3.63) is 34.9 Å². The van der Waals surface area contributed by atoms with Crippen molar-refractivity contribution in [3.63, 3.8) is 0 Å². The summed E-state index contributed by atoms with van der Waals surface area (Å²) in [6, 6.07) is 2.65. The SMILES string of the molecule is Cc1cc(F)c(C(C)(CO)NC2CCCCC2)cc1F. The van der Waals surface area contributed by atoms with E-state index in [1.807, 2.05) is 0 Å². The van der Waals surface area contributed by atoms with Gasteiger partial charge in [0.25, 0.3) is 0 Å². The Morgan fingerprint density at radius 3 is 2.45 bits per heavy atom. The van der Waals surface area contributed by atoms with Crippen molar-refractivity contribution >= 4 is 0 Å². The van der Waals surface area contributed by atoms with Crippen molar-refractivity contribution in [3.8, 4) is 0 Å². The van der Waals surface area contributed by atoms with Crippen molar-refractivity contribution in [2.75, 3.05) is 6.61 Å². The van der Waals surface area contributed by atoms with Crippen LogP contribution in [0.2, 0.25) is 0 Å². The third-order valence-corrected chi connectivity index (χ3v) is 4.29. The molecule has 0 bridgehead atoms. The molecule has 0 saturated heterocycles. The summed E-state index contributed by atoms with van der Waals surface area (Å²) < 4.78 is 27.9. The lowest BCUT2D eigenvalue weighted by atomic mass is 9.87. The highest BCUT2D eigenvalue weighted by Crippen LogP contribution is 2.29. The standard InChI is InChI=1S/C16H23F2NO/c1-11-8-15(18)13(9-14(11)17)16(2,10-20)19-12-6-4-3-5-7-12/h8-9,12,19-20H,3-7,10H2,1-2H3. The molecule has 1 aromatic carbocycles. The summed E-state index contributed by atoms with van der Waals surface area (Å²) in [6.07, 6.45) is 5.55. The van der Waals surface area contributed by atoms with E-state index in [0.717, 1.165) is 25.7 Å². The first-order valence-electron chi connectivity index (χ1n) is 7.31. The molecule has 1 fully saturated rings. The highest BCUT2D eigenvalue weighted by atomic mass is 19.1. The molecule has 2 nitrogen and oxygen atoms in total. The summed E-state index contributed by atoms with van der Waals surface area (Å²) in [4.78, 5) is 0. The van der Waals surface area contributed by atoms with Gasteiger partial charge in [0.15, 0.2) is 0 Å². The monoisotopic (exact) mass is 283 g/mol. The quantitative estimate of drug-likeness (QED) is 0.887. The van der Waals surface area contributed by atoms with Crippen LogP contribution < -0.4 is 5.32 Å². The second-order valence-electron chi connectivity index (χ2n) is 6.05. The van der Waals surface area contributed by atoms with Crippen LogP contribution in [0.1, 0.15) is 50.2 Å². The molecule has 1 aromatic rings. The van der Waals surface area contributed by atoms with Crippen LogP contribution >= 0.6 is 0 Å². The van der Waals surface area contributed by atoms with Gasteiger partial charge in [0.1, 0.15) is 11.6 Å². The molecular formula is C16H23F2NO. The molecule has 1 aliphatic rings. The van der Waals surface area contributed by atoms with Gasteiger partial charge in [-0.05, 0) is 44.4 Å². The Hall–Kier alpha value is -1.00. The van der Waals surface area contributed by atoms with Crippen molar-refractivity contribution in [1.29, 1.82) is 0 Å². The van der Waals surface area contributed by atoms with E-state index in [9.17, 15) is 13.9 Å². The second kappa shape index (κ2) is 6.19. The molecule has 0 aromatic heterocycles. The normalized spacial score (nSPS) is 19.9. The topological polar surface area (TPSA) is 32.3 Å². The Morgan fingerprint density at radius 1 is 1.20 bits per heavy atom. The predicted octanol–water partition coefficient (Wildman–Crippen LogP) is 3.40. The van der Waals surface area contributed by atoms with Gasteiger partial charge in [-0.25, -0.2) is 8.78 Å². The molecule has 0 spiro atoms. The number of halogens is 2. The minimum absolute atomic E-state index is 0.202. The predicted molar refractivity (Wildman–Crippen MR) is 75.5 cm³/mol. The van der Waals surface area contributed by atoms with Crippen molar-refractivity contribution in [2.24, 2.45) is 0 Å². The Labute approximate surface area is 119 Å². The van der Waals surface area contributed by atoms with Gasteiger partial charge in [0.05, 0.1) is 12.1 Å². The van der Waals surface area contributed by atoms with E-state index in [-0.39, 0.29) is 23.8 Å². The average molecular weight is 283 g/mol. The second-order valence-corrected chi connectivity index (χ2v) is 6.05. The van der Waals surface area contributed by atoms with Gasteiger partial charge in [0, 0.05) is 11.6 Å². The van der Waals surface area contributed by atoms with E-state index >= 15 is 0 Å². The van der Waals surface area contributed by atoms with Crippen molar-refractivity contribution < 1.29 is 13.9 Å². The van der Waals surface area contributed by atoms with Crippen molar-refractivity contribution in [2.45, 2.75) is 57.5 Å². The molecule has 1 atom stereocenters. The highest BCUT2D eigenvalue weighted by Gasteiger charge is 2.32. The first kappa shape index (κ1) is 15.4.